The Morgan fingerprint density at radius 1 is 1.36 bits per heavy atom. The van der Waals surface area contributed by atoms with Gasteiger partial charge in [0.05, 0.1) is 11.3 Å². The normalized spacial score (nSPS) is 37.1. The lowest BCUT2D eigenvalue weighted by Crippen LogP contribution is -2.51. The van der Waals surface area contributed by atoms with E-state index in [1.54, 1.807) is 26.2 Å². The van der Waals surface area contributed by atoms with Crippen LogP contribution in [0.5, 0.6) is 0 Å². The molecule has 7 heteroatoms. The van der Waals surface area contributed by atoms with Gasteiger partial charge in [0.25, 0.3) is 0 Å². The molecule has 6 atom stereocenters. The number of ether oxygens (including phenoxy) is 4. The topological polar surface area (TPSA) is 71.1 Å². The van der Waals surface area contributed by atoms with Crippen LogP contribution in [0.1, 0.15) is 47.5 Å². The van der Waals surface area contributed by atoms with Gasteiger partial charge in [-0.15, -0.1) is 0 Å². The summed E-state index contributed by atoms with van der Waals surface area (Å²) in [4.78, 5) is 26.5. The molecule has 178 valence electrons. The second kappa shape index (κ2) is 8.57. The molecule has 2 fully saturated rings. The van der Waals surface area contributed by atoms with E-state index in [4.69, 9.17) is 30.5 Å². The summed E-state index contributed by atoms with van der Waals surface area (Å²) in [6.07, 6.45) is 10.3. The number of carbonyl (C=O) groups excluding carboxylic acids is 2. The number of allylic oxidation sites excluding steroid dienone is 6. The third kappa shape index (κ3) is 3.82. The molecule has 0 radical (unpaired) electrons. The molecule has 0 bridgehead atoms. The van der Waals surface area contributed by atoms with Crippen LogP contribution >= 0.6 is 11.6 Å². The van der Waals surface area contributed by atoms with Crippen LogP contribution < -0.4 is 0 Å². The first-order chi connectivity index (χ1) is 15.6. The smallest absolute Gasteiger partial charge is 0.315 e. The quantitative estimate of drug-likeness (QED) is 0.407. The van der Waals surface area contributed by atoms with E-state index in [0.29, 0.717) is 29.2 Å². The van der Waals surface area contributed by atoms with Gasteiger partial charge in [-0.25, -0.2) is 0 Å². The zero-order valence-corrected chi connectivity index (χ0v) is 20.7. The minimum absolute atomic E-state index is 0.0624. The summed E-state index contributed by atoms with van der Waals surface area (Å²) in [6.45, 7) is 9.79. The number of cyclic esters (lactones) is 1. The molecule has 0 spiro atoms. The molecule has 6 nitrogen and oxygen atoms in total. The maximum atomic E-state index is 13.5. The molecular formula is C26H31ClO6. The standard InChI is InChI=1S/C26H31ClO6/c1-7-14(2)10-15(3)8-9-17-11-18-19(13-31-17)20-21-24(29)32-16(4)12-26(21,30-6)33-25(20,5)23(28)22(18)27/h8-11,13-14,16,20-21H,7,12H2,1-6H3/b9-8+,15-10+/t14?,16-,20+,21-,25-,26+/m1/s1. The number of hydrogen-bond donors (Lipinski definition) is 0. The fourth-order valence-corrected chi connectivity index (χ4v) is 5.67. The first kappa shape index (κ1) is 24.0. The Hall–Kier alpha value is -2.15. The molecule has 3 heterocycles. The Balaban J connectivity index is 1.72. The molecule has 33 heavy (non-hydrogen) atoms. The Morgan fingerprint density at radius 3 is 2.76 bits per heavy atom. The van der Waals surface area contributed by atoms with Crippen molar-refractivity contribution in [2.75, 3.05) is 7.11 Å². The van der Waals surface area contributed by atoms with Crippen LogP contribution in [0.25, 0.3) is 0 Å². The molecule has 1 aliphatic carbocycles. The summed E-state index contributed by atoms with van der Waals surface area (Å²) in [6, 6.07) is 0. The van der Waals surface area contributed by atoms with Crippen molar-refractivity contribution in [2.45, 2.75) is 65.0 Å². The van der Waals surface area contributed by atoms with Crippen LogP contribution in [0.3, 0.4) is 0 Å². The fourth-order valence-electron chi connectivity index (χ4n) is 5.32. The average Bonchev–Trinajstić information content (AvgIpc) is 3.06. The van der Waals surface area contributed by atoms with Crippen molar-refractivity contribution in [2.24, 2.45) is 17.8 Å². The Labute approximate surface area is 199 Å². The van der Waals surface area contributed by atoms with Crippen LogP contribution in [0.2, 0.25) is 0 Å². The molecule has 0 aromatic heterocycles. The highest BCUT2D eigenvalue weighted by Crippen LogP contribution is 2.60. The summed E-state index contributed by atoms with van der Waals surface area (Å²) < 4.78 is 23.5. The van der Waals surface area contributed by atoms with Crippen molar-refractivity contribution in [3.05, 3.63) is 58.1 Å². The Kier molecular flexibility index (Phi) is 6.23. The van der Waals surface area contributed by atoms with E-state index in [-0.39, 0.29) is 10.8 Å². The lowest BCUT2D eigenvalue weighted by molar-refractivity contribution is -0.273. The van der Waals surface area contributed by atoms with Crippen molar-refractivity contribution in [1.82, 2.24) is 0 Å². The van der Waals surface area contributed by atoms with Crippen molar-refractivity contribution in [1.29, 1.82) is 0 Å². The highest BCUT2D eigenvalue weighted by molar-refractivity contribution is 6.45. The van der Waals surface area contributed by atoms with Crippen molar-refractivity contribution >= 4 is 23.4 Å². The minimum Gasteiger partial charge on any atom is -0.465 e. The van der Waals surface area contributed by atoms with E-state index in [1.165, 1.54) is 7.11 Å². The van der Waals surface area contributed by atoms with E-state index in [0.717, 1.165) is 12.0 Å². The zero-order chi connectivity index (χ0) is 24.1. The molecule has 3 aliphatic heterocycles. The van der Waals surface area contributed by atoms with Gasteiger partial charge in [-0.05, 0) is 38.8 Å². The van der Waals surface area contributed by atoms with E-state index in [1.807, 2.05) is 19.1 Å². The maximum Gasteiger partial charge on any atom is 0.315 e. The number of carbonyl (C=O) groups is 2. The molecular weight excluding hydrogens is 444 g/mol. The van der Waals surface area contributed by atoms with Gasteiger partial charge < -0.3 is 18.9 Å². The Bertz CT molecular complexity index is 1030. The summed E-state index contributed by atoms with van der Waals surface area (Å²) in [5.74, 6) is -2.51. The van der Waals surface area contributed by atoms with Crippen LogP contribution in [-0.2, 0) is 28.5 Å². The number of methoxy groups -OCH3 is 1. The third-order valence-corrected chi connectivity index (χ3v) is 7.49. The highest BCUT2D eigenvalue weighted by Gasteiger charge is 2.71. The average molecular weight is 475 g/mol. The number of halogens is 1. The number of Topliss-reactive ketones (excluding diaryl/α,β-unsaturated/α-hetero) is 1. The first-order valence-corrected chi connectivity index (χ1v) is 11.8. The van der Waals surface area contributed by atoms with Gasteiger partial charge >= 0.3 is 5.97 Å². The molecule has 1 unspecified atom stereocenters. The van der Waals surface area contributed by atoms with Gasteiger partial charge in [0.2, 0.25) is 5.78 Å². The molecule has 4 aliphatic rings. The van der Waals surface area contributed by atoms with Gasteiger partial charge in [-0.2, -0.15) is 0 Å². The predicted octanol–water partition coefficient (Wildman–Crippen LogP) is 5.11. The number of rotatable bonds is 5. The van der Waals surface area contributed by atoms with Gasteiger partial charge in [0.1, 0.15) is 23.4 Å². The minimum atomic E-state index is -1.36. The molecule has 0 aromatic carbocycles. The largest absolute Gasteiger partial charge is 0.465 e. The van der Waals surface area contributed by atoms with Crippen molar-refractivity contribution in [3.63, 3.8) is 0 Å². The second-order valence-corrected chi connectivity index (χ2v) is 9.93. The first-order valence-electron chi connectivity index (χ1n) is 11.4. The zero-order valence-electron chi connectivity index (χ0n) is 19.9. The van der Waals surface area contributed by atoms with Gasteiger partial charge in [-0.1, -0.05) is 49.6 Å². The van der Waals surface area contributed by atoms with Crippen LogP contribution in [0, 0.1) is 17.8 Å². The number of hydrogen-bond acceptors (Lipinski definition) is 6. The fraction of sp³-hybridized carbons (Fsp3) is 0.538. The number of fused-ring (bicyclic) bond motifs is 5. The van der Waals surface area contributed by atoms with Gasteiger partial charge in [-0.3, -0.25) is 9.59 Å². The number of esters is 1. The summed E-state index contributed by atoms with van der Waals surface area (Å²) in [5.41, 5.74) is 0.933. The van der Waals surface area contributed by atoms with E-state index >= 15 is 0 Å². The monoisotopic (exact) mass is 474 g/mol. The maximum absolute atomic E-state index is 13.5. The lowest BCUT2D eigenvalue weighted by atomic mass is 9.66. The molecule has 2 saturated heterocycles. The summed E-state index contributed by atoms with van der Waals surface area (Å²) in [5, 5.41) is 0.0624. The Morgan fingerprint density at radius 2 is 2.09 bits per heavy atom. The molecule has 0 amide bonds. The molecule has 0 N–H and O–H groups in total. The van der Waals surface area contributed by atoms with Crippen LogP contribution in [0.15, 0.2) is 58.1 Å². The SMILES string of the molecule is CCC(C)/C=C(C)/C=C/C1=CC2=C(Cl)C(=O)[C@]3(C)O[C@@]4(OC)C[C@@H](C)OC(=O)[C@H]4[C@@H]3C2=CO1. The molecule has 4 rings (SSSR count). The van der Waals surface area contributed by atoms with Gasteiger partial charge in [0.15, 0.2) is 5.79 Å². The summed E-state index contributed by atoms with van der Waals surface area (Å²) in [7, 11) is 1.49. The van der Waals surface area contributed by atoms with Gasteiger partial charge in [0, 0.05) is 30.6 Å². The number of ketones is 1. The lowest BCUT2D eigenvalue weighted by Gasteiger charge is -2.39. The van der Waals surface area contributed by atoms with Crippen molar-refractivity contribution in [3.8, 4) is 0 Å². The highest BCUT2D eigenvalue weighted by atomic mass is 35.5. The third-order valence-electron chi connectivity index (χ3n) is 7.12. The molecule has 0 saturated carbocycles. The second-order valence-electron chi connectivity index (χ2n) is 9.56. The van der Waals surface area contributed by atoms with E-state index in [2.05, 4.69) is 19.9 Å². The van der Waals surface area contributed by atoms with E-state index in [9.17, 15) is 9.59 Å². The predicted molar refractivity (Wildman–Crippen MR) is 124 cm³/mol. The van der Waals surface area contributed by atoms with Crippen molar-refractivity contribution < 1.29 is 28.5 Å². The summed E-state index contributed by atoms with van der Waals surface area (Å²) >= 11 is 6.58. The molecule has 0 aromatic rings. The van der Waals surface area contributed by atoms with Crippen LogP contribution in [0.4, 0.5) is 0 Å². The van der Waals surface area contributed by atoms with Crippen LogP contribution in [-0.4, -0.2) is 36.4 Å². The van der Waals surface area contributed by atoms with E-state index < -0.39 is 35.3 Å².